The van der Waals surface area contributed by atoms with Gasteiger partial charge in [-0.15, -0.1) is 0 Å². The van der Waals surface area contributed by atoms with Crippen LogP contribution in [-0.2, 0) is 6.42 Å². The molecule has 0 aliphatic carbocycles. The van der Waals surface area contributed by atoms with E-state index in [1.54, 1.807) is 12.1 Å². The number of nitriles is 1. The van der Waals surface area contributed by atoms with Gasteiger partial charge in [-0.2, -0.15) is 5.26 Å². The summed E-state index contributed by atoms with van der Waals surface area (Å²) in [6, 6.07) is 15.9. The second kappa shape index (κ2) is 6.12. The number of rotatable bonds is 4. The predicted octanol–water partition coefficient (Wildman–Crippen LogP) is 3.13. The van der Waals surface area contributed by atoms with E-state index >= 15 is 0 Å². The van der Waals surface area contributed by atoms with Crippen LogP contribution in [0.25, 0.3) is 0 Å². The van der Waals surface area contributed by atoms with Gasteiger partial charge in [0.15, 0.2) is 0 Å². The lowest BCUT2D eigenvalue weighted by Crippen LogP contribution is -2.21. The van der Waals surface area contributed by atoms with E-state index in [1.807, 2.05) is 13.1 Å². The van der Waals surface area contributed by atoms with Crippen LogP contribution < -0.4 is 10.6 Å². The third-order valence-corrected chi connectivity index (χ3v) is 3.55. The highest BCUT2D eigenvalue weighted by Crippen LogP contribution is 2.23. The predicted molar refractivity (Wildman–Crippen MR) is 83.7 cm³/mol. The van der Waals surface area contributed by atoms with Gasteiger partial charge in [-0.3, -0.25) is 0 Å². The standard InChI is InChI=1S/C17H19N3/c1-13-5-3-4-6-15(13)9-10-20(2)17-11-14(12-18)7-8-16(17)19/h3-8,11H,9-10,19H2,1-2H3. The van der Waals surface area contributed by atoms with Crippen molar-refractivity contribution in [2.45, 2.75) is 13.3 Å². The molecule has 102 valence electrons. The van der Waals surface area contributed by atoms with Gasteiger partial charge in [0, 0.05) is 13.6 Å². The van der Waals surface area contributed by atoms with Crippen LogP contribution in [0.2, 0.25) is 0 Å². The fourth-order valence-electron chi connectivity index (χ4n) is 2.24. The van der Waals surface area contributed by atoms with Crippen molar-refractivity contribution in [1.82, 2.24) is 0 Å². The molecule has 0 aliphatic heterocycles. The van der Waals surface area contributed by atoms with Crippen LogP contribution in [0, 0.1) is 18.3 Å². The van der Waals surface area contributed by atoms with E-state index in [0.29, 0.717) is 11.3 Å². The summed E-state index contributed by atoms with van der Waals surface area (Å²) in [4.78, 5) is 2.10. The maximum Gasteiger partial charge on any atom is 0.0992 e. The van der Waals surface area contributed by atoms with Crippen molar-refractivity contribution in [3.63, 3.8) is 0 Å². The Labute approximate surface area is 120 Å². The van der Waals surface area contributed by atoms with Crippen molar-refractivity contribution in [1.29, 1.82) is 5.26 Å². The Balaban J connectivity index is 2.11. The number of anilines is 2. The molecule has 2 aromatic rings. The van der Waals surface area contributed by atoms with Gasteiger partial charge >= 0.3 is 0 Å². The molecule has 0 aliphatic rings. The first-order valence-electron chi connectivity index (χ1n) is 6.67. The zero-order valence-electron chi connectivity index (χ0n) is 11.9. The van der Waals surface area contributed by atoms with Crippen molar-refractivity contribution >= 4 is 11.4 Å². The number of likely N-dealkylation sites (N-methyl/N-ethyl adjacent to an activating group) is 1. The Bertz CT molecular complexity index is 641. The van der Waals surface area contributed by atoms with Crippen molar-refractivity contribution in [2.75, 3.05) is 24.2 Å². The second-order valence-electron chi connectivity index (χ2n) is 4.98. The fourth-order valence-corrected chi connectivity index (χ4v) is 2.24. The number of benzene rings is 2. The van der Waals surface area contributed by atoms with Crippen molar-refractivity contribution in [2.24, 2.45) is 0 Å². The lowest BCUT2D eigenvalue weighted by Gasteiger charge is -2.21. The molecule has 2 rings (SSSR count). The van der Waals surface area contributed by atoms with E-state index in [-0.39, 0.29) is 0 Å². The minimum Gasteiger partial charge on any atom is -0.397 e. The third-order valence-electron chi connectivity index (χ3n) is 3.55. The van der Waals surface area contributed by atoms with E-state index in [1.165, 1.54) is 11.1 Å². The van der Waals surface area contributed by atoms with Gasteiger partial charge in [0.25, 0.3) is 0 Å². The number of aryl methyl sites for hydroxylation is 1. The zero-order valence-corrected chi connectivity index (χ0v) is 11.9. The van der Waals surface area contributed by atoms with Crippen LogP contribution in [0.4, 0.5) is 11.4 Å². The van der Waals surface area contributed by atoms with E-state index in [2.05, 4.69) is 42.2 Å². The van der Waals surface area contributed by atoms with E-state index in [9.17, 15) is 0 Å². The largest absolute Gasteiger partial charge is 0.397 e. The first-order chi connectivity index (χ1) is 9.61. The quantitative estimate of drug-likeness (QED) is 0.864. The maximum absolute atomic E-state index is 8.97. The molecular formula is C17H19N3. The number of hydrogen-bond acceptors (Lipinski definition) is 3. The Kier molecular flexibility index (Phi) is 4.27. The van der Waals surface area contributed by atoms with Gasteiger partial charge < -0.3 is 10.6 Å². The number of nitrogens with zero attached hydrogens (tertiary/aromatic N) is 2. The molecule has 2 N–H and O–H groups in total. The average molecular weight is 265 g/mol. The Morgan fingerprint density at radius 2 is 1.95 bits per heavy atom. The number of hydrogen-bond donors (Lipinski definition) is 1. The SMILES string of the molecule is Cc1ccccc1CCN(C)c1cc(C#N)ccc1N. The third kappa shape index (κ3) is 3.10. The summed E-state index contributed by atoms with van der Waals surface area (Å²) in [5.41, 5.74) is 10.9. The molecule has 0 saturated heterocycles. The zero-order chi connectivity index (χ0) is 14.5. The molecule has 0 spiro atoms. The summed E-state index contributed by atoms with van der Waals surface area (Å²) in [5, 5.41) is 8.97. The Morgan fingerprint density at radius 3 is 2.65 bits per heavy atom. The number of nitrogen functional groups attached to an aromatic ring is 1. The minimum absolute atomic E-state index is 0.636. The first kappa shape index (κ1) is 14.0. The highest BCUT2D eigenvalue weighted by Gasteiger charge is 2.07. The normalized spacial score (nSPS) is 10.1. The lowest BCUT2D eigenvalue weighted by atomic mass is 10.1. The molecule has 0 atom stereocenters. The first-order valence-corrected chi connectivity index (χ1v) is 6.67. The van der Waals surface area contributed by atoms with Crippen LogP contribution in [0.1, 0.15) is 16.7 Å². The van der Waals surface area contributed by atoms with Gasteiger partial charge in [-0.05, 0) is 42.7 Å². The number of nitrogens with two attached hydrogens (primary N) is 1. The fraction of sp³-hybridized carbons (Fsp3) is 0.235. The van der Waals surface area contributed by atoms with E-state index in [0.717, 1.165) is 18.7 Å². The van der Waals surface area contributed by atoms with Gasteiger partial charge in [0.05, 0.1) is 23.0 Å². The van der Waals surface area contributed by atoms with Gasteiger partial charge in [-0.1, -0.05) is 24.3 Å². The molecule has 0 bridgehead atoms. The highest BCUT2D eigenvalue weighted by atomic mass is 15.1. The molecular weight excluding hydrogens is 246 g/mol. The van der Waals surface area contributed by atoms with Gasteiger partial charge in [-0.25, -0.2) is 0 Å². The highest BCUT2D eigenvalue weighted by molar-refractivity contribution is 5.69. The molecule has 0 aromatic heterocycles. The topological polar surface area (TPSA) is 53.0 Å². The van der Waals surface area contributed by atoms with Crippen LogP contribution in [-0.4, -0.2) is 13.6 Å². The molecule has 0 amide bonds. The van der Waals surface area contributed by atoms with Crippen molar-refractivity contribution in [3.05, 3.63) is 59.2 Å². The summed E-state index contributed by atoms with van der Waals surface area (Å²) < 4.78 is 0. The smallest absolute Gasteiger partial charge is 0.0992 e. The summed E-state index contributed by atoms with van der Waals surface area (Å²) in [6.45, 7) is 2.99. The molecule has 3 nitrogen and oxygen atoms in total. The maximum atomic E-state index is 8.97. The van der Waals surface area contributed by atoms with Gasteiger partial charge in [0.2, 0.25) is 0 Å². The molecule has 20 heavy (non-hydrogen) atoms. The molecule has 0 saturated carbocycles. The summed E-state index contributed by atoms with van der Waals surface area (Å²) in [7, 11) is 2.01. The molecule has 0 unspecified atom stereocenters. The van der Waals surface area contributed by atoms with Crippen LogP contribution in [0.3, 0.4) is 0 Å². The molecule has 0 fully saturated rings. The Morgan fingerprint density at radius 1 is 1.20 bits per heavy atom. The van der Waals surface area contributed by atoms with Crippen LogP contribution in [0.15, 0.2) is 42.5 Å². The monoisotopic (exact) mass is 265 g/mol. The molecule has 0 heterocycles. The average Bonchev–Trinajstić information content (AvgIpc) is 2.46. The summed E-state index contributed by atoms with van der Waals surface area (Å²) >= 11 is 0. The van der Waals surface area contributed by atoms with Gasteiger partial charge in [0.1, 0.15) is 0 Å². The van der Waals surface area contributed by atoms with Crippen molar-refractivity contribution in [3.8, 4) is 6.07 Å². The van der Waals surface area contributed by atoms with E-state index < -0.39 is 0 Å². The van der Waals surface area contributed by atoms with Crippen LogP contribution in [0.5, 0.6) is 0 Å². The molecule has 3 heteroatoms. The van der Waals surface area contributed by atoms with E-state index in [4.69, 9.17) is 11.0 Å². The van der Waals surface area contributed by atoms with Crippen molar-refractivity contribution < 1.29 is 0 Å². The summed E-state index contributed by atoms with van der Waals surface area (Å²) in [5.74, 6) is 0. The van der Waals surface area contributed by atoms with Crippen LogP contribution >= 0.6 is 0 Å². The summed E-state index contributed by atoms with van der Waals surface area (Å²) in [6.07, 6.45) is 0.958. The second-order valence-corrected chi connectivity index (χ2v) is 4.98. The Hall–Kier alpha value is -2.47. The molecule has 0 radical (unpaired) electrons. The minimum atomic E-state index is 0.636. The lowest BCUT2D eigenvalue weighted by molar-refractivity contribution is 0.872. The molecule has 2 aromatic carbocycles.